The van der Waals surface area contributed by atoms with Gasteiger partial charge in [0, 0.05) is 19.3 Å². The molecule has 1 aromatic rings. The highest BCUT2D eigenvalue weighted by Gasteiger charge is 2.19. The molecule has 1 aromatic heterocycles. The molecule has 7 heteroatoms. The summed E-state index contributed by atoms with van der Waals surface area (Å²) in [4.78, 5) is 12.1. The number of amides is 1. The van der Waals surface area contributed by atoms with Crippen LogP contribution in [-0.2, 0) is 17.1 Å². The topological polar surface area (TPSA) is 94.2 Å². The molecule has 0 aromatic carbocycles. The summed E-state index contributed by atoms with van der Waals surface area (Å²) in [5, 5.41) is 7.92. The number of nitrogens with two attached hydrogens (primary N) is 1. The average Bonchev–Trinajstić information content (AvgIpc) is 2.70. The smallest absolute Gasteiger partial charge is 0.268 e. The van der Waals surface area contributed by atoms with Crippen LogP contribution < -0.4 is 10.5 Å². The summed E-state index contributed by atoms with van der Waals surface area (Å²) >= 11 is 0. The fourth-order valence-corrected chi connectivity index (χ4v) is 2.62. The molecule has 1 amide bonds. The van der Waals surface area contributed by atoms with Crippen molar-refractivity contribution in [3.8, 4) is 0 Å². The van der Waals surface area contributed by atoms with E-state index in [4.69, 9.17) is 5.14 Å². The lowest BCUT2D eigenvalue weighted by Crippen LogP contribution is -2.34. The molecule has 1 heterocycles. The number of aryl methyl sites for hydroxylation is 1. The molecule has 0 saturated carbocycles. The lowest BCUT2D eigenvalue weighted by atomic mass is 10.0. The predicted molar refractivity (Wildman–Crippen MR) is 77.8 cm³/mol. The molecule has 0 aliphatic heterocycles. The standard InChI is InChI=1S/C13H23N3O3S/c1-5-9(2)6-10(3)15-13(17)12-7-11(8-16(12)4)20(14,18)19/h7-10H,5-6H2,1-4H3,(H,15,17)(H2,14,18,19). The van der Waals surface area contributed by atoms with Crippen molar-refractivity contribution in [2.24, 2.45) is 18.1 Å². The van der Waals surface area contributed by atoms with Crippen LogP contribution in [0, 0.1) is 5.92 Å². The summed E-state index contributed by atoms with van der Waals surface area (Å²) in [7, 11) is -2.18. The van der Waals surface area contributed by atoms with Gasteiger partial charge in [-0.1, -0.05) is 20.3 Å². The van der Waals surface area contributed by atoms with Crippen molar-refractivity contribution >= 4 is 15.9 Å². The van der Waals surface area contributed by atoms with Crippen LogP contribution in [0.25, 0.3) is 0 Å². The molecule has 0 fully saturated rings. The van der Waals surface area contributed by atoms with Gasteiger partial charge in [0.25, 0.3) is 5.91 Å². The Morgan fingerprint density at radius 3 is 2.50 bits per heavy atom. The van der Waals surface area contributed by atoms with E-state index < -0.39 is 10.0 Å². The largest absolute Gasteiger partial charge is 0.348 e. The first-order chi connectivity index (χ1) is 9.15. The minimum atomic E-state index is -3.79. The number of nitrogens with one attached hydrogen (secondary N) is 1. The van der Waals surface area contributed by atoms with Crippen LogP contribution in [0.5, 0.6) is 0 Å². The number of nitrogens with zero attached hydrogens (tertiary/aromatic N) is 1. The Bertz CT molecular complexity index is 578. The van der Waals surface area contributed by atoms with Crippen LogP contribution in [0.3, 0.4) is 0 Å². The first-order valence-corrected chi connectivity index (χ1v) is 8.19. The zero-order valence-corrected chi connectivity index (χ0v) is 13.2. The highest BCUT2D eigenvalue weighted by atomic mass is 32.2. The van der Waals surface area contributed by atoms with Crippen molar-refractivity contribution in [1.29, 1.82) is 0 Å². The third-order valence-electron chi connectivity index (χ3n) is 3.37. The second kappa shape index (κ2) is 6.41. The minimum absolute atomic E-state index is 0.0327. The Balaban J connectivity index is 2.81. The van der Waals surface area contributed by atoms with Gasteiger partial charge in [-0.25, -0.2) is 13.6 Å². The second-order valence-corrected chi connectivity index (χ2v) is 6.90. The monoisotopic (exact) mass is 301 g/mol. The first kappa shape index (κ1) is 16.7. The van der Waals surface area contributed by atoms with Crippen LogP contribution in [-0.4, -0.2) is 24.9 Å². The zero-order chi connectivity index (χ0) is 15.5. The van der Waals surface area contributed by atoms with E-state index in [-0.39, 0.29) is 22.5 Å². The Labute approximate surface area is 120 Å². The Hall–Kier alpha value is -1.34. The lowest BCUT2D eigenvalue weighted by molar-refractivity contribution is 0.0927. The number of hydrogen-bond acceptors (Lipinski definition) is 3. The first-order valence-electron chi connectivity index (χ1n) is 6.65. The number of primary sulfonamides is 1. The fourth-order valence-electron chi connectivity index (χ4n) is 2.04. The highest BCUT2D eigenvalue weighted by Crippen LogP contribution is 2.13. The molecule has 114 valence electrons. The Morgan fingerprint density at radius 2 is 2.05 bits per heavy atom. The van der Waals surface area contributed by atoms with E-state index in [1.807, 2.05) is 6.92 Å². The highest BCUT2D eigenvalue weighted by molar-refractivity contribution is 7.89. The number of sulfonamides is 1. The molecular formula is C13H23N3O3S. The van der Waals surface area contributed by atoms with Crippen LogP contribution in [0.1, 0.15) is 44.1 Å². The van der Waals surface area contributed by atoms with Crippen molar-refractivity contribution in [3.05, 3.63) is 18.0 Å². The summed E-state index contributed by atoms with van der Waals surface area (Å²) in [6.07, 6.45) is 3.28. The molecule has 0 spiro atoms. The molecule has 3 N–H and O–H groups in total. The second-order valence-electron chi connectivity index (χ2n) is 5.34. The van der Waals surface area contributed by atoms with Crippen LogP contribution in [0.2, 0.25) is 0 Å². The minimum Gasteiger partial charge on any atom is -0.348 e. The summed E-state index contributed by atoms with van der Waals surface area (Å²) in [6, 6.07) is 1.32. The van der Waals surface area contributed by atoms with Crippen molar-refractivity contribution in [1.82, 2.24) is 9.88 Å². The lowest BCUT2D eigenvalue weighted by Gasteiger charge is -2.17. The molecule has 20 heavy (non-hydrogen) atoms. The van der Waals surface area contributed by atoms with E-state index >= 15 is 0 Å². The number of aromatic nitrogens is 1. The maximum Gasteiger partial charge on any atom is 0.268 e. The molecule has 0 aliphatic rings. The van der Waals surface area contributed by atoms with Gasteiger partial charge in [0.1, 0.15) is 10.6 Å². The van der Waals surface area contributed by atoms with Crippen molar-refractivity contribution < 1.29 is 13.2 Å². The van der Waals surface area contributed by atoms with Crippen molar-refractivity contribution in [2.75, 3.05) is 0 Å². The quantitative estimate of drug-likeness (QED) is 0.827. The van der Waals surface area contributed by atoms with Gasteiger partial charge in [-0.05, 0) is 25.3 Å². The SMILES string of the molecule is CCC(C)CC(C)NC(=O)c1cc(S(N)(=O)=O)cn1C. The predicted octanol–water partition coefficient (Wildman–Crippen LogP) is 1.23. The summed E-state index contributed by atoms with van der Waals surface area (Å²) in [6.45, 7) is 6.17. The third-order valence-corrected chi connectivity index (χ3v) is 4.25. The van der Waals surface area contributed by atoms with E-state index in [2.05, 4.69) is 19.2 Å². The molecule has 2 unspecified atom stereocenters. The van der Waals surface area contributed by atoms with E-state index in [0.717, 1.165) is 12.8 Å². The molecule has 0 bridgehead atoms. The summed E-state index contributed by atoms with van der Waals surface area (Å²) in [5.74, 6) is 0.233. The molecule has 0 radical (unpaired) electrons. The van der Waals surface area contributed by atoms with Gasteiger partial charge in [-0.3, -0.25) is 4.79 Å². The molecule has 0 saturated heterocycles. The maximum absolute atomic E-state index is 12.1. The van der Waals surface area contributed by atoms with E-state index in [1.54, 1.807) is 7.05 Å². The van der Waals surface area contributed by atoms with E-state index in [1.165, 1.54) is 16.8 Å². The van der Waals surface area contributed by atoms with E-state index in [9.17, 15) is 13.2 Å². The van der Waals surface area contributed by atoms with Gasteiger partial charge in [-0.15, -0.1) is 0 Å². The number of hydrogen-bond donors (Lipinski definition) is 2. The molecule has 6 nitrogen and oxygen atoms in total. The molecule has 0 aliphatic carbocycles. The number of carbonyl (C=O) groups excluding carboxylic acids is 1. The van der Waals surface area contributed by atoms with E-state index in [0.29, 0.717) is 5.92 Å². The van der Waals surface area contributed by atoms with Crippen molar-refractivity contribution in [2.45, 2.75) is 44.6 Å². The summed E-state index contributed by atoms with van der Waals surface area (Å²) in [5.41, 5.74) is 0.282. The summed E-state index contributed by atoms with van der Waals surface area (Å²) < 4.78 is 24.0. The molecule has 1 rings (SSSR count). The fraction of sp³-hybridized carbons (Fsp3) is 0.615. The van der Waals surface area contributed by atoms with Crippen LogP contribution >= 0.6 is 0 Å². The van der Waals surface area contributed by atoms with Crippen LogP contribution in [0.15, 0.2) is 17.2 Å². The van der Waals surface area contributed by atoms with Crippen molar-refractivity contribution in [3.63, 3.8) is 0 Å². The average molecular weight is 301 g/mol. The van der Waals surface area contributed by atoms with Gasteiger partial charge in [0.05, 0.1) is 0 Å². The van der Waals surface area contributed by atoms with Gasteiger partial charge in [0.15, 0.2) is 0 Å². The van der Waals surface area contributed by atoms with Crippen LogP contribution in [0.4, 0.5) is 0 Å². The number of carbonyl (C=O) groups is 1. The Kier molecular flexibility index (Phi) is 5.35. The number of rotatable bonds is 6. The maximum atomic E-state index is 12.1. The third kappa shape index (κ3) is 4.35. The molecule has 2 atom stereocenters. The van der Waals surface area contributed by atoms with Gasteiger partial charge in [-0.2, -0.15) is 0 Å². The molecular weight excluding hydrogens is 278 g/mol. The normalized spacial score (nSPS) is 14.8. The van der Waals surface area contributed by atoms with Gasteiger partial charge in [0.2, 0.25) is 10.0 Å². The van der Waals surface area contributed by atoms with Gasteiger partial charge < -0.3 is 9.88 Å². The zero-order valence-electron chi connectivity index (χ0n) is 12.4. The van der Waals surface area contributed by atoms with Gasteiger partial charge >= 0.3 is 0 Å². The Morgan fingerprint density at radius 1 is 1.45 bits per heavy atom.